The maximum Gasteiger partial charge on any atom is 0.292 e. The topological polar surface area (TPSA) is 47.9 Å². The van der Waals surface area contributed by atoms with E-state index in [9.17, 15) is 5.11 Å². The van der Waals surface area contributed by atoms with E-state index in [0.29, 0.717) is 11.3 Å². The summed E-state index contributed by atoms with van der Waals surface area (Å²) < 4.78 is 17.1. The Morgan fingerprint density at radius 1 is 0.952 bits per heavy atom. The van der Waals surface area contributed by atoms with Gasteiger partial charge in [0.1, 0.15) is 5.75 Å². The van der Waals surface area contributed by atoms with Crippen molar-refractivity contribution >= 4 is 0 Å². The molecule has 2 aromatic carbocycles. The highest BCUT2D eigenvalue weighted by molar-refractivity contribution is 5.40. The van der Waals surface area contributed by atoms with Gasteiger partial charge in [0.25, 0.3) is 5.79 Å². The molecule has 1 N–H and O–H groups in total. The molecule has 1 aliphatic heterocycles. The maximum atomic E-state index is 11.0. The molecule has 110 valence electrons. The first-order valence-corrected chi connectivity index (χ1v) is 6.80. The first-order chi connectivity index (χ1) is 10.1. The van der Waals surface area contributed by atoms with Crippen LogP contribution >= 0.6 is 0 Å². The molecule has 0 radical (unpaired) electrons. The number of rotatable bonds is 3. The predicted molar refractivity (Wildman–Crippen MR) is 77.9 cm³/mol. The zero-order chi connectivity index (χ0) is 14.9. The Morgan fingerprint density at radius 3 is 2.29 bits per heavy atom. The molecule has 0 amide bonds. The summed E-state index contributed by atoms with van der Waals surface area (Å²) in [5.41, 5.74) is 1.58. The van der Waals surface area contributed by atoms with Crippen molar-refractivity contribution in [3.63, 3.8) is 0 Å². The third-order valence-corrected chi connectivity index (χ3v) is 3.95. The van der Waals surface area contributed by atoms with Crippen LogP contribution in [0.5, 0.6) is 5.75 Å². The standard InChI is InChI=1S/C17H18O4/c1-19-16(18)12-13-8-6-7-11-15(13)21-17(16,20-2)14-9-4-3-5-10-14/h3-11,18H,12H2,1-2H3. The van der Waals surface area contributed by atoms with Crippen LogP contribution in [0.3, 0.4) is 0 Å². The molecular formula is C17H18O4. The molecule has 0 bridgehead atoms. The van der Waals surface area contributed by atoms with Crippen molar-refractivity contribution in [1.29, 1.82) is 0 Å². The summed E-state index contributed by atoms with van der Waals surface area (Å²) in [5, 5.41) is 11.0. The fraction of sp³-hybridized carbons (Fsp3) is 0.294. The van der Waals surface area contributed by atoms with Gasteiger partial charge in [-0.15, -0.1) is 0 Å². The molecule has 4 nitrogen and oxygen atoms in total. The van der Waals surface area contributed by atoms with Gasteiger partial charge in [0, 0.05) is 26.2 Å². The monoisotopic (exact) mass is 286 g/mol. The lowest BCUT2D eigenvalue weighted by Gasteiger charge is -2.47. The quantitative estimate of drug-likeness (QED) is 0.881. The van der Waals surface area contributed by atoms with Gasteiger partial charge in [-0.05, 0) is 11.6 Å². The summed E-state index contributed by atoms with van der Waals surface area (Å²) >= 11 is 0. The van der Waals surface area contributed by atoms with Crippen molar-refractivity contribution in [2.45, 2.75) is 18.0 Å². The number of ether oxygens (including phenoxy) is 3. The molecule has 1 aliphatic rings. The molecule has 0 saturated carbocycles. The Labute approximate surface area is 123 Å². The first-order valence-electron chi connectivity index (χ1n) is 6.80. The minimum atomic E-state index is -1.61. The van der Waals surface area contributed by atoms with Gasteiger partial charge in [-0.25, -0.2) is 0 Å². The van der Waals surface area contributed by atoms with Gasteiger partial charge in [0.15, 0.2) is 0 Å². The van der Waals surface area contributed by atoms with Gasteiger partial charge >= 0.3 is 0 Å². The molecule has 21 heavy (non-hydrogen) atoms. The molecule has 0 spiro atoms. The van der Waals surface area contributed by atoms with Crippen LogP contribution in [0.15, 0.2) is 54.6 Å². The van der Waals surface area contributed by atoms with E-state index in [1.54, 1.807) is 0 Å². The minimum absolute atomic E-state index is 0.280. The zero-order valence-corrected chi connectivity index (χ0v) is 12.1. The molecule has 4 heteroatoms. The van der Waals surface area contributed by atoms with E-state index in [0.717, 1.165) is 5.56 Å². The van der Waals surface area contributed by atoms with Crippen molar-refractivity contribution in [3.05, 3.63) is 65.7 Å². The number of aliphatic hydroxyl groups is 1. The van der Waals surface area contributed by atoms with E-state index < -0.39 is 11.6 Å². The Kier molecular flexibility index (Phi) is 3.45. The third-order valence-electron chi connectivity index (χ3n) is 3.95. The molecule has 0 fully saturated rings. The second-order valence-electron chi connectivity index (χ2n) is 5.06. The van der Waals surface area contributed by atoms with Crippen LogP contribution in [0, 0.1) is 0 Å². The number of hydrogen-bond acceptors (Lipinski definition) is 4. The fourth-order valence-corrected chi connectivity index (χ4v) is 2.83. The Hall–Kier alpha value is -1.88. The van der Waals surface area contributed by atoms with Crippen molar-refractivity contribution in [2.75, 3.05) is 14.2 Å². The van der Waals surface area contributed by atoms with Gasteiger partial charge in [-0.2, -0.15) is 0 Å². The van der Waals surface area contributed by atoms with Crippen molar-refractivity contribution in [2.24, 2.45) is 0 Å². The van der Waals surface area contributed by atoms with Crippen molar-refractivity contribution in [3.8, 4) is 5.75 Å². The van der Waals surface area contributed by atoms with Gasteiger partial charge in [0.05, 0.1) is 0 Å². The molecule has 2 unspecified atom stereocenters. The lowest BCUT2D eigenvalue weighted by molar-refractivity contribution is -0.376. The summed E-state index contributed by atoms with van der Waals surface area (Å²) in [6.07, 6.45) is 0.280. The number of fused-ring (bicyclic) bond motifs is 1. The van der Waals surface area contributed by atoms with Crippen molar-refractivity contribution < 1.29 is 19.3 Å². The van der Waals surface area contributed by atoms with Crippen LogP contribution in [0.2, 0.25) is 0 Å². The van der Waals surface area contributed by atoms with E-state index in [1.165, 1.54) is 14.2 Å². The number of benzene rings is 2. The van der Waals surface area contributed by atoms with Crippen LogP contribution in [0.1, 0.15) is 11.1 Å². The van der Waals surface area contributed by atoms with Crippen LogP contribution in [0.25, 0.3) is 0 Å². The van der Waals surface area contributed by atoms with Crippen LogP contribution < -0.4 is 4.74 Å². The lowest BCUT2D eigenvalue weighted by Crippen LogP contribution is -2.61. The summed E-state index contributed by atoms with van der Waals surface area (Å²) in [6.45, 7) is 0. The molecular weight excluding hydrogens is 268 g/mol. The molecule has 2 atom stereocenters. The average molecular weight is 286 g/mol. The molecule has 0 saturated heterocycles. The van der Waals surface area contributed by atoms with Crippen LogP contribution in [-0.2, 0) is 21.7 Å². The molecule has 3 rings (SSSR count). The van der Waals surface area contributed by atoms with E-state index in [-0.39, 0.29) is 6.42 Å². The van der Waals surface area contributed by atoms with Gasteiger partial charge in [-0.3, -0.25) is 0 Å². The molecule has 0 aromatic heterocycles. The normalized spacial score (nSPS) is 27.8. The van der Waals surface area contributed by atoms with E-state index in [1.807, 2.05) is 54.6 Å². The highest BCUT2D eigenvalue weighted by atomic mass is 16.8. The van der Waals surface area contributed by atoms with E-state index in [2.05, 4.69) is 0 Å². The predicted octanol–water partition coefficient (Wildman–Crippen LogP) is 2.46. The molecule has 2 aromatic rings. The fourth-order valence-electron chi connectivity index (χ4n) is 2.83. The second kappa shape index (κ2) is 5.15. The average Bonchev–Trinajstić information content (AvgIpc) is 2.55. The molecule has 1 heterocycles. The second-order valence-corrected chi connectivity index (χ2v) is 5.06. The summed E-state index contributed by atoms with van der Waals surface area (Å²) in [4.78, 5) is 0. The summed E-state index contributed by atoms with van der Waals surface area (Å²) in [5.74, 6) is -2.33. The largest absolute Gasteiger partial charge is 0.452 e. The Morgan fingerprint density at radius 2 is 1.62 bits per heavy atom. The minimum Gasteiger partial charge on any atom is -0.452 e. The smallest absolute Gasteiger partial charge is 0.292 e. The van der Waals surface area contributed by atoms with E-state index in [4.69, 9.17) is 14.2 Å². The van der Waals surface area contributed by atoms with Gasteiger partial charge in [0.2, 0.25) is 5.79 Å². The van der Waals surface area contributed by atoms with Crippen molar-refractivity contribution in [1.82, 2.24) is 0 Å². The number of para-hydroxylation sites is 1. The van der Waals surface area contributed by atoms with Gasteiger partial charge in [-0.1, -0.05) is 48.5 Å². The third kappa shape index (κ3) is 2.03. The maximum absolute atomic E-state index is 11.0. The first kappa shape index (κ1) is 14.1. The molecule has 0 aliphatic carbocycles. The zero-order valence-electron chi connectivity index (χ0n) is 12.1. The summed E-state index contributed by atoms with van der Waals surface area (Å²) in [6, 6.07) is 16.9. The van der Waals surface area contributed by atoms with E-state index >= 15 is 0 Å². The number of methoxy groups -OCH3 is 2. The highest BCUT2D eigenvalue weighted by Gasteiger charge is 2.59. The van der Waals surface area contributed by atoms with Crippen LogP contribution in [0.4, 0.5) is 0 Å². The Bertz CT molecular complexity index is 628. The summed E-state index contributed by atoms with van der Waals surface area (Å²) in [7, 11) is 2.96. The number of hydrogen-bond donors (Lipinski definition) is 1. The SMILES string of the molecule is COC1(O)Cc2ccccc2OC1(OC)c1ccccc1. The Balaban J connectivity index is 2.18. The lowest BCUT2D eigenvalue weighted by atomic mass is 9.88. The van der Waals surface area contributed by atoms with Gasteiger partial charge < -0.3 is 19.3 Å². The van der Waals surface area contributed by atoms with Crippen LogP contribution in [-0.4, -0.2) is 25.1 Å². The highest BCUT2D eigenvalue weighted by Crippen LogP contribution is 2.46.